The van der Waals surface area contributed by atoms with Crippen molar-refractivity contribution in [3.63, 3.8) is 0 Å². The van der Waals surface area contributed by atoms with E-state index in [0.29, 0.717) is 5.92 Å². The van der Waals surface area contributed by atoms with Gasteiger partial charge in [-0.05, 0) is 25.7 Å². The third-order valence-electron chi connectivity index (χ3n) is 1.23. The number of rotatable bonds is 3. The molecule has 2 nitrogen and oxygen atoms in total. The number of hydrogen-bond acceptors (Lipinski definition) is 2. The Morgan fingerprint density at radius 2 is 2.08 bits per heavy atom. The van der Waals surface area contributed by atoms with E-state index in [1.54, 1.807) is 31.8 Å². The molecule has 1 fully saturated rings. The normalized spacial score (nSPS) is 16.7. The second kappa shape index (κ2) is 6.70. The Kier molecular flexibility index (Phi) is 6.81. The number of carbonyl (C=O) groups excluding carboxylic acids is 1. The van der Waals surface area contributed by atoms with Crippen LogP contribution >= 0.6 is 0 Å². The van der Waals surface area contributed by atoms with E-state index >= 15 is 0 Å². The van der Waals surface area contributed by atoms with Crippen LogP contribution in [-0.2, 0) is 9.53 Å². The van der Waals surface area contributed by atoms with Crippen LogP contribution in [0.4, 0.5) is 0 Å². The van der Waals surface area contributed by atoms with Crippen molar-refractivity contribution in [3.8, 4) is 0 Å². The van der Waals surface area contributed by atoms with Gasteiger partial charge in [-0.3, -0.25) is 4.79 Å². The number of esters is 1. The topological polar surface area (TPSA) is 26.3 Å². The summed E-state index contributed by atoms with van der Waals surface area (Å²) in [5.74, 6) is 0.293. The molecule has 1 aliphatic rings. The summed E-state index contributed by atoms with van der Waals surface area (Å²) in [7, 11) is 0. The van der Waals surface area contributed by atoms with E-state index < -0.39 is 0 Å². The van der Waals surface area contributed by atoms with Gasteiger partial charge in [0, 0.05) is 0 Å². The molecule has 1 rings (SSSR count). The number of ether oxygens (including phenoxy) is 1. The molecular formula is C9H9NaO2+. The average Bonchev–Trinajstić information content (AvgIpc) is 2.52. The van der Waals surface area contributed by atoms with E-state index in [2.05, 4.69) is 6.58 Å². The van der Waals surface area contributed by atoms with E-state index in [-0.39, 0.29) is 42.1 Å². The van der Waals surface area contributed by atoms with Gasteiger partial charge in [0.15, 0.2) is 0 Å². The van der Waals surface area contributed by atoms with Crippen molar-refractivity contribution in [2.45, 2.75) is 0 Å². The predicted molar refractivity (Wildman–Crippen MR) is 41.6 cm³/mol. The molecule has 0 aromatic carbocycles. The van der Waals surface area contributed by atoms with E-state index in [1.807, 2.05) is 0 Å². The summed E-state index contributed by atoms with van der Waals surface area (Å²) in [6.07, 6.45) is 8.56. The molecule has 3 heteroatoms. The Morgan fingerprint density at radius 1 is 1.50 bits per heavy atom. The second-order valence-electron chi connectivity index (χ2n) is 2.06. The quantitative estimate of drug-likeness (QED) is 0.283. The smallest absolute Gasteiger partial charge is 0.461 e. The maximum atomic E-state index is 11.0. The summed E-state index contributed by atoms with van der Waals surface area (Å²) < 4.78 is 4.78. The summed E-state index contributed by atoms with van der Waals surface area (Å²) >= 11 is 0. The largest absolute Gasteiger partial charge is 1.00 e. The first-order valence-electron chi connectivity index (χ1n) is 3.34. The monoisotopic (exact) mass is 172 g/mol. The third-order valence-corrected chi connectivity index (χ3v) is 1.23. The fourth-order valence-corrected chi connectivity index (χ4v) is 0.728. The summed E-state index contributed by atoms with van der Waals surface area (Å²) in [6.45, 7) is 3.70. The first-order valence-corrected chi connectivity index (χ1v) is 3.34. The second-order valence-corrected chi connectivity index (χ2v) is 2.06. The van der Waals surface area contributed by atoms with Crippen molar-refractivity contribution in [1.29, 1.82) is 0 Å². The van der Waals surface area contributed by atoms with Crippen molar-refractivity contribution in [3.05, 3.63) is 44.3 Å². The van der Waals surface area contributed by atoms with Gasteiger partial charge in [-0.1, -0.05) is 12.7 Å². The van der Waals surface area contributed by atoms with Crippen molar-refractivity contribution >= 4 is 5.97 Å². The van der Waals surface area contributed by atoms with Crippen LogP contribution in [0.25, 0.3) is 0 Å². The van der Waals surface area contributed by atoms with Gasteiger partial charge in [0.1, 0.15) is 6.61 Å². The zero-order valence-electron chi connectivity index (χ0n) is 7.12. The van der Waals surface area contributed by atoms with Gasteiger partial charge in [-0.25, -0.2) is 0 Å². The van der Waals surface area contributed by atoms with E-state index in [1.165, 1.54) is 0 Å². The van der Waals surface area contributed by atoms with Crippen molar-refractivity contribution in [1.82, 2.24) is 0 Å². The first-order chi connectivity index (χ1) is 5.34. The van der Waals surface area contributed by atoms with Gasteiger partial charge in [0.05, 0.1) is 5.92 Å². The van der Waals surface area contributed by atoms with Gasteiger partial charge in [0.25, 0.3) is 0 Å². The molecule has 1 saturated carbocycles. The van der Waals surface area contributed by atoms with Crippen molar-refractivity contribution < 1.29 is 39.1 Å². The molecule has 5 radical (unpaired) electrons. The minimum atomic E-state index is -0.296. The molecule has 0 aliphatic heterocycles. The van der Waals surface area contributed by atoms with Gasteiger partial charge in [-0.15, -0.1) is 0 Å². The van der Waals surface area contributed by atoms with E-state index in [4.69, 9.17) is 4.74 Å². The van der Waals surface area contributed by atoms with Crippen LogP contribution in [0.5, 0.6) is 0 Å². The molecule has 0 bridgehead atoms. The molecule has 0 atom stereocenters. The van der Waals surface area contributed by atoms with Gasteiger partial charge < -0.3 is 4.74 Å². The van der Waals surface area contributed by atoms with Gasteiger partial charge >= 0.3 is 35.5 Å². The standard InChI is InChI=1S/C9H9O2.Na/c1-2-7-11-9(10)8-5-3-4-6-8;/h2-6H,1,7H2;/q;+1. The molecular weight excluding hydrogens is 163 g/mol. The molecule has 0 N–H and O–H groups in total. The third kappa shape index (κ3) is 3.74. The predicted octanol–water partition coefficient (Wildman–Crippen LogP) is -1.88. The summed E-state index contributed by atoms with van der Waals surface area (Å²) in [6, 6.07) is 0. The molecule has 0 heterocycles. The molecule has 0 aromatic heterocycles. The fraction of sp³-hybridized carbons (Fsp3) is 0.111. The molecule has 0 aromatic rings. The SMILES string of the molecule is C=CCOC(=O)[C]1[CH][CH][CH][CH]1.[Na+]. The summed E-state index contributed by atoms with van der Waals surface area (Å²) in [5.41, 5.74) is 0. The van der Waals surface area contributed by atoms with Crippen LogP contribution in [0.3, 0.4) is 0 Å². The van der Waals surface area contributed by atoms with Crippen molar-refractivity contribution in [2.75, 3.05) is 6.61 Å². The first kappa shape index (κ1) is 12.2. The molecule has 0 amide bonds. The van der Waals surface area contributed by atoms with Crippen LogP contribution < -0.4 is 29.6 Å². The number of hydrogen-bond donors (Lipinski definition) is 0. The van der Waals surface area contributed by atoms with Crippen LogP contribution in [0.2, 0.25) is 0 Å². The van der Waals surface area contributed by atoms with E-state index in [9.17, 15) is 4.79 Å². The van der Waals surface area contributed by atoms with Gasteiger partial charge in [0.2, 0.25) is 0 Å². The Balaban J connectivity index is 0.00000121. The average molecular weight is 172 g/mol. The summed E-state index contributed by atoms with van der Waals surface area (Å²) in [4.78, 5) is 11.0. The van der Waals surface area contributed by atoms with Crippen LogP contribution in [-0.4, -0.2) is 12.6 Å². The zero-order valence-corrected chi connectivity index (χ0v) is 9.12. The van der Waals surface area contributed by atoms with Crippen LogP contribution in [0.1, 0.15) is 0 Å². The Morgan fingerprint density at radius 3 is 2.58 bits per heavy atom. The molecule has 12 heavy (non-hydrogen) atoms. The molecule has 57 valence electrons. The molecule has 1 aliphatic carbocycles. The Labute approximate surface area is 95.7 Å². The van der Waals surface area contributed by atoms with Crippen LogP contribution in [0, 0.1) is 31.6 Å². The van der Waals surface area contributed by atoms with Crippen LogP contribution in [0.15, 0.2) is 12.7 Å². The van der Waals surface area contributed by atoms with E-state index in [0.717, 1.165) is 0 Å². The number of carbonyl (C=O) groups is 1. The summed E-state index contributed by atoms with van der Waals surface area (Å²) in [5, 5.41) is 0. The Hall–Kier alpha value is 0.210. The maximum Gasteiger partial charge on any atom is 1.00 e. The van der Waals surface area contributed by atoms with Crippen molar-refractivity contribution in [2.24, 2.45) is 0 Å². The zero-order chi connectivity index (χ0) is 8.10. The molecule has 0 saturated heterocycles. The van der Waals surface area contributed by atoms with Gasteiger partial charge in [-0.2, -0.15) is 0 Å². The maximum absolute atomic E-state index is 11.0. The molecule has 0 unspecified atom stereocenters. The fourth-order valence-electron chi connectivity index (χ4n) is 0.728. The minimum Gasteiger partial charge on any atom is -0.461 e. The molecule has 0 spiro atoms. The minimum absolute atomic E-state index is 0. The Bertz CT molecular complexity index is 151.